The number of imide groups is 1. The number of alkyl halides is 2. The number of fused-ring (bicyclic) bond motifs is 2. The standard InChI is InChI=1S/C48H50F3N6O10PS/c1-47(2,3)41(54-43(61)38-25-29-24-30(14-20-37(29)69-38)48(50,51)68(65,66)67)46(64)55-23-9-13-36(55)45(63)56(32-17-15-31(49)16-18-32)27-40(59)52-22-7-5-4-6-10-28-11-8-12-33-34(28)26-57(44(33)62)35-19-21-39(58)53-42(35)60/h8,11-12,14-18,20,24-25,35-36,41H,4-5,7,9,13,19,21-23,26-27H2,1-3H3,(H,52,59)(H,54,61)(H,53,58,60)(H2,65,66,67)/t35?,36-,41+/m0/s1. The van der Waals surface area contributed by atoms with Gasteiger partial charge in [-0.2, -0.15) is 8.78 Å². The molecule has 1 aromatic heterocycles. The molecule has 2 fully saturated rings. The molecular weight excluding hydrogens is 941 g/mol. The molecule has 69 heavy (non-hydrogen) atoms. The van der Waals surface area contributed by atoms with Gasteiger partial charge < -0.3 is 35.1 Å². The Morgan fingerprint density at radius 1 is 1.00 bits per heavy atom. The van der Waals surface area contributed by atoms with Crippen molar-refractivity contribution in [3.63, 3.8) is 0 Å². The monoisotopic (exact) mass is 990 g/mol. The fourth-order valence-electron chi connectivity index (χ4n) is 8.54. The maximum absolute atomic E-state index is 14.5. The Bertz CT molecular complexity index is 2830. The number of thiophene rings is 1. The van der Waals surface area contributed by atoms with Crippen LogP contribution in [0.5, 0.6) is 0 Å². The number of rotatable bonds is 14. The Labute approximate surface area is 399 Å². The summed E-state index contributed by atoms with van der Waals surface area (Å²) >= 11 is 0.925. The second-order valence-electron chi connectivity index (χ2n) is 18.2. The number of likely N-dealkylation sites (tertiary alicyclic amines) is 1. The van der Waals surface area contributed by atoms with Gasteiger partial charge >= 0.3 is 13.3 Å². The number of carbonyl (C=O) groups is 7. The van der Waals surface area contributed by atoms with E-state index in [9.17, 15) is 61.1 Å². The lowest BCUT2D eigenvalue weighted by Crippen LogP contribution is -2.58. The largest absolute Gasteiger partial charge is 0.399 e. The Kier molecular flexibility index (Phi) is 14.8. The first kappa shape index (κ1) is 50.5. The summed E-state index contributed by atoms with van der Waals surface area (Å²) in [6.07, 6.45) is 2.62. The van der Waals surface area contributed by atoms with Crippen molar-refractivity contribution in [1.29, 1.82) is 0 Å². The molecule has 16 nitrogen and oxygen atoms in total. The molecule has 5 N–H and O–H groups in total. The first-order chi connectivity index (χ1) is 32.5. The van der Waals surface area contributed by atoms with Crippen LogP contribution in [0.3, 0.4) is 0 Å². The quantitative estimate of drug-likeness (QED) is 0.0460. The van der Waals surface area contributed by atoms with E-state index < -0.39 is 84.3 Å². The molecule has 7 rings (SSSR count). The number of hydrogen-bond donors (Lipinski definition) is 5. The SMILES string of the molecule is CC(C)(C)[C@H](NC(=O)c1cc2cc(C(F)(F)P(=O)(O)O)ccc2s1)C(=O)N1CCC[C@H]1C(=O)N(CC(=O)NCCCCC#Cc1cccc2c1CN(C1CCC(=O)NC1=O)C2=O)c1ccc(F)cc1. The van der Waals surface area contributed by atoms with Crippen molar-refractivity contribution in [3.8, 4) is 11.8 Å². The van der Waals surface area contributed by atoms with Crippen LogP contribution in [-0.2, 0) is 40.7 Å². The lowest BCUT2D eigenvalue weighted by atomic mass is 9.85. The van der Waals surface area contributed by atoms with Crippen molar-refractivity contribution in [1.82, 2.24) is 25.8 Å². The maximum Gasteiger partial charge on any atom is 0.399 e. The van der Waals surface area contributed by atoms with Crippen LogP contribution in [-0.4, -0.2) is 98.7 Å². The summed E-state index contributed by atoms with van der Waals surface area (Å²) in [5.74, 6) is 2.09. The summed E-state index contributed by atoms with van der Waals surface area (Å²) in [5, 5.41) is 7.99. The van der Waals surface area contributed by atoms with Gasteiger partial charge in [0.25, 0.3) is 11.8 Å². The van der Waals surface area contributed by atoms with Crippen molar-refractivity contribution in [2.45, 2.75) is 96.1 Å². The number of carbonyl (C=O) groups excluding carboxylic acids is 7. The van der Waals surface area contributed by atoms with E-state index in [0.717, 1.165) is 35.6 Å². The third-order valence-electron chi connectivity index (χ3n) is 12.2. The highest BCUT2D eigenvalue weighted by molar-refractivity contribution is 7.52. The van der Waals surface area contributed by atoms with Crippen molar-refractivity contribution in [2.75, 3.05) is 24.5 Å². The van der Waals surface area contributed by atoms with Gasteiger partial charge in [0.05, 0.1) is 4.88 Å². The number of nitrogens with zero attached hydrogens (tertiary/aromatic N) is 3. The van der Waals surface area contributed by atoms with Gasteiger partial charge in [-0.05, 0) is 103 Å². The van der Waals surface area contributed by atoms with E-state index in [1.165, 1.54) is 39.0 Å². The zero-order valence-electron chi connectivity index (χ0n) is 37.9. The summed E-state index contributed by atoms with van der Waals surface area (Å²) in [4.78, 5) is 116. The molecule has 3 aliphatic heterocycles. The van der Waals surface area contributed by atoms with Crippen LogP contribution in [0, 0.1) is 23.1 Å². The fraction of sp³-hybridized carbons (Fsp3) is 0.396. The zero-order chi connectivity index (χ0) is 50.0. The van der Waals surface area contributed by atoms with Gasteiger partial charge in [-0.3, -0.25) is 43.4 Å². The Balaban J connectivity index is 0.966. The number of piperidine rings is 1. The highest BCUT2D eigenvalue weighted by Crippen LogP contribution is 2.59. The second-order valence-corrected chi connectivity index (χ2v) is 20.9. The number of hydrogen-bond acceptors (Lipinski definition) is 9. The van der Waals surface area contributed by atoms with Gasteiger partial charge in [-0.25, -0.2) is 4.39 Å². The summed E-state index contributed by atoms with van der Waals surface area (Å²) in [5.41, 5.74) is -4.26. The minimum Gasteiger partial charge on any atom is -0.355 e. The van der Waals surface area contributed by atoms with Crippen LogP contribution >= 0.6 is 18.9 Å². The van der Waals surface area contributed by atoms with Gasteiger partial charge in [0.15, 0.2) is 0 Å². The van der Waals surface area contributed by atoms with E-state index in [-0.39, 0.29) is 66.7 Å². The number of amides is 7. The predicted molar refractivity (Wildman–Crippen MR) is 248 cm³/mol. The van der Waals surface area contributed by atoms with Gasteiger partial charge in [-0.15, -0.1) is 11.3 Å². The molecule has 0 saturated carbocycles. The van der Waals surface area contributed by atoms with Gasteiger partial charge in [0, 0.05) is 59.6 Å². The Morgan fingerprint density at radius 2 is 1.74 bits per heavy atom. The normalized spacial score (nSPS) is 17.8. The molecule has 1 unspecified atom stereocenters. The van der Waals surface area contributed by atoms with Crippen molar-refractivity contribution in [2.24, 2.45) is 5.41 Å². The molecule has 2 saturated heterocycles. The van der Waals surface area contributed by atoms with Crippen LogP contribution in [0.1, 0.15) is 102 Å². The van der Waals surface area contributed by atoms with E-state index in [0.29, 0.717) is 47.1 Å². The first-order valence-electron chi connectivity index (χ1n) is 22.2. The topological polar surface area (TPSA) is 223 Å². The lowest BCUT2D eigenvalue weighted by Gasteiger charge is -2.36. The molecule has 4 aromatic rings. The fourth-order valence-corrected chi connectivity index (χ4v) is 9.96. The molecule has 364 valence electrons. The number of benzene rings is 3. The minimum atomic E-state index is -5.85. The van der Waals surface area contributed by atoms with Gasteiger partial charge in [0.1, 0.15) is 30.5 Å². The van der Waals surface area contributed by atoms with E-state index in [4.69, 9.17) is 0 Å². The molecule has 4 heterocycles. The van der Waals surface area contributed by atoms with Crippen LogP contribution in [0.15, 0.2) is 66.7 Å². The van der Waals surface area contributed by atoms with E-state index in [1.807, 2.05) is 0 Å². The zero-order valence-corrected chi connectivity index (χ0v) is 39.6. The van der Waals surface area contributed by atoms with E-state index in [2.05, 4.69) is 27.8 Å². The van der Waals surface area contributed by atoms with Gasteiger partial charge in [-0.1, -0.05) is 44.7 Å². The molecular formula is C48H50F3N6O10PS. The maximum atomic E-state index is 14.5. The Morgan fingerprint density at radius 3 is 2.43 bits per heavy atom. The van der Waals surface area contributed by atoms with Gasteiger partial charge in [0.2, 0.25) is 29.5 Å². The lowest BCUT2D eigenvalue weighted by molar-refractivity contribution is -0.141. The van der Waals surface area contributed by atoms with Crippen molar-refractivity contribution in [3.05, 3.63) is 99.7 Å². The summed E-state index contributed by atoms with van der Waals surface area (Å²) < 4.78 is 54.9. The molecule has 7 amide bonds. The minimum absolute atomic E-state index is 0.0366. The molecule has 3 aliphatic rings. The van der Waals surface area contributed by atoms with Crippen LogP contribution in [0.25, 0.3) is 10.1 Å². The van der Waals surface area contributed by atoms with E-state index >= 15 is 0 Å². The summed E-state index contributed by atoms with van der Waals surface area (Å²) in [7, 11) is -5.85. The highest BCUT2D eigenvalue weighted by Gasteiger charge is 2.50. The van der Waals surface area contributed by atoms with Crippen LogP contribution in [0.2, 0.25) is 0 Å². The predicted octanol–water partition coefficient (Wildman–Crippen LogP) is 5.54. The number of nitrogens with one attached hydrogen (secondary N) is 3. The average molecular weight is 991 g/mol. The molecule has 21 heteroatoms. The number of halogens is 3. The summed E-state index contributed by atoms with van der Waals surface area (Å²) in [6.45, 7) is 5.26. The van der Waals surface area contributed by atoms with Crippen molar-refractivity contribution < 1.29 is 61.1 Å². The molecule has 3 aromatic carbocycles. The third-order valence-corrected chi connectivity index (χ3v) is 14.3. The molecule has 0 bridgehead atoms. The molecule has 0 radical (unpaired) electrons. The first-order valence-corrected chi connectivity index (χ1v) is 24.7. The van der Waals surface area contributed by atoms with Crippen LogP contribution < -0.4 is 20.9 Å². The van der Waals surface area contributed by atoms with Crippen molar-refractivity contribution >= 4 is 76.1 Å². The third kappa shape index (κ3) is 11.1. The highest BCUT2D eigenvalue weighted by atomic mass is 32.1. The smallest absolute Gasteiger partial charge is 0.355 e. The molecule has 0 spiro atoms. The Hall–Kier alpha value is -6.39. The second kappa shape index (κ2) is 20.3. The number of unbranched alkanes of at least 4 members (excludes halogenated alkanes) is 2. The summed E-state index contributed by atoms with van der Waals surface area (Å²) in [6, 6.07) is 11.5. The van der Waals surface area contributed by atoms with Crippen LogP contribution in [0.4, 0.5) is 18.9 Å². The number of anilines is 1. The van der Waals surface area contributed by atoms with E-state index in [1.54, 1.807) is 39.0 Å². The average Bonchev–Trinajstić information content (AvgIpc) is 4.04. The molecule has 3 atom stereocenters. The molecule has 0 aliphatic carbocycles.